The predicted molar refractivity (Wildman–Crippen MR) is 78.1 cm³/mol. The molecule has 1 aliphatic heterocycles. The lowest BCUT2D eigenvalue weighted by Gasteiger charge is -2.26. The van der Waals surface area contributed by atoms with E-state index in [1.54, 1.807) is 11.3 Å². The van der Waals surface area contributed by atoms with Crippen LogP contribution in [0.3, 0.4) is 0 Å². The largest absolute Gasteiger partial charge is 0.318 e. The van der Waals surface area contributed by atoms with Crippen LogP contribution in [0, 0.1) is 23.7 Å². The molecule has 1 amide bonds. The van der Waals surface area contributed by atoms with E-state index in [9.17, 15) is 4.79 Å². The van der Waals surface area contributed by atoms with Gasteiger partial charge in [0.25, 0.3) is 0 Å². The predicted octanol–water partition coefficient (Wildman–Crippen LogP) is 2.61. The van der Waals surface area contributed by atoms with Crippen LogP contribution < -0.4 is 5.32 Å². The highest BCUT2D eigenvalue weighted by molar-refractivity contribution is 7.07. The molecular formula is C16H20N2OS. The summed E-state index contributed by atoms with van der Waals surface area (Å²) < 4.78 is 0. The average molecular weight is 288 g/mol. The minimum absolute atomic E-state index is 0.0288. The molecule has 0 spiro atoms. The van der Waals surface area contributed by atoms with Crippen molar-refractivity contribution >= 4 is 17.2 Å². The molecule has 3 aliphatic carbocycles. The fourth-order valence-corrected chi connectivity index (χ4v) is 6.08. The Morgan fingerprint density at radius 2 is 2.05 bits per heavy atom. The zero-order valence-corrected chi connectivity index (χ0v) is 12.5. The van der Waals surface area contributed by atoms with E-state index in [1.165, 1.54) is 24.8 Å². The van der Waals surface area contributed by atoms with Gasteiger partial charge in [0.05, 0.1) is 6.04 Å². The van der Waals surface area contributed by atoms with Crippen molar-refractivity contribution in [3.8, 4) is 0 Å². The summed E-state index contributed by atoms with van der Waals surface area (Å²) in [6, 6.07) is 2.67. The number of carbonyl (C=O) groups excluding carboxylic acids is 1. The van der Waals surface area contributed by atoms with E-state index >= 15 is 0 Å². The molecule has 106 valence electrons. The number of nitrogens with one attached hydrogen (secondary N) is 1. The van der Waals surface area contributed by atoms with Crippen LogP contribution >= 0.6 is 11.3 Å². The van der Waals surface area contributed by atoms with Gasteiger partial charge < -0.3 is 4.90 Å². The van der Waals surface area contributed by atoms with Crippen molar-refractivity contribution in [2.24, 2.45) is 23.7 Å². The van der Waals surface area contributed by atoms with E-state index in [0.29, 0.717) is 11.9 Å². The van der Waals surface area contributed by atoms with Gasteiger partial charge in [0.15, 0.2) is 0 Å². The number of amides is 1. The van der Waals surface area contributed by atoms with Crippen LogP contribution in [0.15, 0.2) is 16.8 Å². The molecule has 4 aliphatic rings. The van der Waals surface area contributed by atoms with E-state index in [0.717, 1.165) is 23.7 Å². The quantitative estimate of drug-likeness (QED) is 0.907. The first-order valence-electron chi connectivity index (χ1n) is 7.86. The molecular weight excluding hydrogens is 268 g/mol. The fraction of sp³-hybridized carbons (Fsp3) is 0.688. The van der Waals surface area contributed by atoms with Crippen LogP contribution in [0.25, 0.3) is 0 Å². The van der Waals surface area contributed by atoms with Gasteiger partial charge in [-0.25, -0.2) is 0 Å². The van der Waals surface area contributed by atoms with E-state index in [4.69, 9.17) is 0 Å². The molecule has 2 bridgehead atoms. The number of hydrogen-bond acceptors (Lipinski definition) is 3. The maximum absolute atomic E-state index is 12.6. The monoisotopic (exact) mass is 288 g/mol. The molecule has 1 N–H and O–H groups in total. The number of nitrogens with zero attached hydrogens (tertiary/aromatic N) is 1. The SMILES string of the molecule is CC1NC(c2ccsc2)N(C2C3C4CCC(C4)C32)C1=O. The van der Waals surface area contributed by atoms with Gasteiger partial charge in [-0.05, 0) is 72.2 Å². The Morgan fingerprint density at radius 3 is 2.70 bits per heavy atom. The Labute approximate surface area is 123 Å². The molecule has 3 saturated carbocycles. The van der Waals surface area contributed by atoms with Gasteiger partial charge in [0, 0.05) is 6.04 Å². The van der Waals surface area contributed by atoms with E-state index < -0.39 is 0 Å². The van der Waals surface area contributed by atoms with Crippen molar-refractivity contribution in [1.29, 1.82) is 0 Å². The third kappa shape index (κ3) is 1.37. The molecule has 2 heterocycles. The Balaban J connectivity index is 1.48. The van der Waals surface area contributed by atoms with Crippen LogP contribution in [-0.2, 0) is 4.79 Å². The summed E-state index contributed by atoms with van der Waals surface area (Å²) >= 11 is 1.72. The highest BCUT2D eigenvalue weighted by atomic mass is 32.1. The van der Waals surface area contributed by atoms with E-state index in [-0.39, 0.29) is 12.2 Å². The van der Waals surface area contributed by atoms with Gasteiger partial charge in [-0.15, -0.1) is 0 Å². The molecule has 0 radical (unpaired) electrons. The molecule has 1 aromatic rings. The minimum Gasteiger partial charge on any atom is -0.318 e. The maximum Gasteiger partial charge on any atom is 0.241 e. The van der Waals surface area contributed by atoms with Gasteiger partial charge in [-0.2, -0.15) is 11.3 Å². The Bertz CT molecular complexity index is 541. The van der Waals surface area contributed by atoms with Crippen molar-refractivity contribution in [3.63, 3.8) is 0 Å². The first-order chi connectivity index (χ1) is 9.75. The third-order valence-corrected chi connectivity index (χ3v) is 6.89. The minimum atomic E-state index is -0.0288. The Morgan fingerprint density at radius 1 is 1.30 bits per heavy atom. The van der Waals surface area contributed by atoms with E-state index in [2.05, 4.69) is 27.0 Å². The second-order valence-electron chi connectivity index (χ2n) is 7.07. The lowest BCUT2D eigenvalue weighted by atomic mass is 10.0. The lowest BCUT2D eigenvalue weighted by Crippen LogP contribution is -2.35. The zero-order chi connectivity index (χ0) is 13.4. The van der Waals surface area contributed by atoms with Crippen molar-refractivity contribution in [2.75, 3.05) is 0 Å². The van der Waals surface area contributed by atoms with Crippen molar-refractivity contribution in [3.05, 3.63) is 22.4 Å². The summed E-state index contributed by atoms with van der Waals surface area (Å²) in [5, 5.41) is 7.79. The summed E-state index contributed by atoms with van der Waals surface area (Å²) in [4.78, 5) is 14.8. The first kappa shape index (κ1) is 11.8. The summed E-state index contributed by atoms with van der Waals surface area (Å²) in [6.45, 7) is 2.01. The third-order valence-electron chi connectivity index (χ3n) is 6.19. The van der Waals surface area contributed by atoms with Gasteiger partial charge in [0.2, 0.25) is 5.91 Å². The summed E-state index contributed by atoms with van der Waals surface area (Å²) in [5.74, 6) is 3.81. The standard InChI is InChI=1S/C16H20N2OS/c1-8-16(19)18(15(17-8)11-4-5-20-7-11)14-12-9-2-3-10(6-9)13(12)14/h4-5,7-10,12-15,17H,2-3,6H2,1H3. The maximum atomic E-state index is 12.6. The smallest absolute Gasteiger partial charge is 0.241 e. The van der Waals surface area contributed by atoms with Gasteiger partial charge in [-0.3, -0.25) is 10.1 Å². The number of carbonyl (C=O) groups is 1. The zero-order valence-electron chi connectivity index (χ0n) is 11.7. The lowest BCUT2D eigenvalue weighted by molar-refractivity contribution is -0.131. The molecule has 4 fully saturated rings. The van der Waals surface area contributed by atoms with Crippen molar-refractivity contribution in [2.45, 2.75) is 44.4 Å². The molecule has 1 aromatic heterocycles. The Hall–Kier alpha value is -0.870. The second-order valence-corrected chi connectivity index (χ2v) is 7.85. The second kappa shape index (κ2) is 3.86. The molecule has 6 unspecified atom stereocenters. The molecule has 1 saturated heterocycles. The molecule has 6 atom stereocenters. The molecule has 3 nitrogen and oxygen atoms in total. The summed E-state index contributed by atoms with van der Waals surface area (Å²) in [7, 11) is 0. The van der Waals surface area contributed by atoms with Crippen LogP contribution in [0.5, 0.6) is 0 Å². The van der Waals surface area contributed by atoms with Crippen LogP contribution in [0.4, 0.5) is 0 Å². The van der Waals surface area contributed by atoms with Gasteiger partial charge in [0.1, 0.15) is 6.17 Å². The van der Waals surface area contributed by atoms with E-state index in [1.807, 2.05) is 6.92 Å². The molecule has 5 rings (SSSR count). The van der Waals surface area contributed by atoms with Crippen molar-refractivity contribution in [1.82, 2.24) is 10.2 Å². The summed E-state index contributed by atoms with van der Waals surface area (Å²) in [5.41, 5.74) is 1.27. The highest BCUT2D eigenvalue weighted by Crippen LogP contribution is 2.68. The summed E-state index contributed by atoms with van der Waals surface area (Å²) in [6.07, 6.45) is 4.39. The number of fused-ring (bicyclic) bond motifs is 5. The fourth-order valence-electron chi connectivity index (χ4n) is 5.40. The molecule has 4 heteroatoms. The van der Waals surface area contributed by atoms with Crippen LogP contribution in [0.2, 0.25) is 0 Å². The molecule has 20 heavy (non-hydrogen) atoms. The number of hydrogen-bond donors (Lipinski definition) is 1. The average Bonchev–Trinajstić information content (AvgIpc) is 2.97. The first-order valence-corrected chi connectivity index (χ1v) is 8.80. The van der Waals surface area contributed by atoms with Crippen LogP contribution in [0.1, 0.15) is 37.9 Å². The highest BCUT2D eigenvalue weighted by Gasteiger charge is 2.69. The van der Waals surface area contributed by atoms with Crippen LogP contribution in [-0.4, -0.2) is 22.9 Å². The molecule has 0 aromatic carbocycles. The number of rotatable bonds is 2. The van der Waals surface area contributed by atoms with Gasteiger partial charge >= 0.3 is 0 Å². The normalized spacial score (nSPS) is 49.0. The number of thiophene rings is 1. The van der Waals surface area contributed by atoms with Gasteiger partial charge in [-0.1, -0.05) is 0 Å². The topological polar surface area (TPSA) is 32.3 Å². The Kier molecular flexibility index (Phi) is 2.27. The van der Waals surface area contributed by atoms with Crippen molar-refractivity contribution < 1.29 is 4.79 Å².